The van der Waals surface area contributed by atoms with Gasteiger partial charge < -0.3 is 4.74 Å². The Hall–Kier alpha value is -2.19. The lowest BCUT2D eigenvalue weighted by molar-refractivity contribution is 0.0973. The summed E-state index contributed by atoms with van der Waals surface area (Å²) in [5.74, 6) is -2.13. The van der Waals surface area contributed by atoms with Crippen LogP contribution in [0.25, 0.3) is 0 Å². The van der Waals surface area contributed by atoms with Gasteiger partial charge in [-0.25, -0.2) is 4.39 Å². The van der Waals surface area contributed by atoms with E-state index in [9.17, 15) is 9.18 Å². The smallest absolute Gasteiger partial charge is 0.191 e. The van der Waals surface area contributed by atoms with Gasteiger partial charge in [0.15, 0.2) is 5.78 Å². The Morgan fingerprint density at radius 3 is 2.79 bits per heavy atom. The average molecular weight is 275 g/mol. The Kier molecular flexibility index (Phi) is 3.93. The van der Waals surface area contributed by atoms with Crippen molar-refractivity contribution in [1.29, 1.82) is 5.26 Å². The molecule has 1 aromatic carbocycles. The number of Topliss-reactive ketones (excluding diaryl/α,β-unsaturated/α-hetero) is 1. The molecular formula is C14H10FNO2S. The molecule has 1 heterocycles. The van der Waals surface area contributed by atoms with E-state index in [4.69, 9.17) is 10.00 Å². The third-order valence-corrected chi connectivity index (χ3v) is 3.60. The third-order valence-electron chi connectivity index (χ3n) is 2.66. The summed E-state index contributed by atoms with van der Waals surface area (Å²) < 4.78 is 18.8. The molecule has 2 aromatic rings. The monoisotopic (exact) mass is 275 g/mol. The van der Waals surface area contributed by atoms with Crippen molar-refractivity contribution in [3.8, 4) is 11.8 Å². The fourth-order valence-electron chi connectivity index (χ4n) is 1.76. The number of carbonyl (C=O) groups excluding carboxylic acids is 1. The van der Waals surface area contributed by atoms with Crippen LogP contribution in [0.2, 0.25) is 0 Å². The summed E-state index contributed by atoms with van der Waals surface area (Å²) in [6.07, 6.45) is 0. The number of ether oxygens (including phenoxy) is 1. The Morgan fingerprint density at radius 1 is 1.42 bits per heavy atom. The molecule has 0 N–H and O–H groups in total. The molecule has 0 bridgehead atoms. The van der Waals surface area contributed by atoms with Gasteiger partial charge in [0, 0.05) is 4.88 Å². The molecule has 0 fully saturated rings. The largest absolute Gasteiger partial charge is 0.496 e. The molecule has 0 aliphatic rings. The van der Waals surface area contributed by atoms with Gasteiger partial charge in [-0.05, 0) is 23.6 Å². The van der Waals surface area contributed by atoms with Crippen molar-refractivity contribution >= 4 is 17.1 Å². The molecule has 0 spiro atoms. The number of benzene rings is 1. The zero-order valence-corrected chi connectivity index (χ0v) is 10.9. The summed E-state index contributed by atoms with van der Waals surface area (Å²) >= 11 is 1.29. The topological polar surface area (TPSA) is 50.1 Å². The molecule has 1 unspecified atom stereocenters. The maximum atomic E-state index is 13.8. The molecule has 0 saturated heterocycles. The van der Waals surface area contributed by atoms with Crippen molar-refractivity contribution in [3.63, 3.8) is 0 Å². The summed E-state index contributed by atoms with van der Waals surface area (Å²) in [7, 11) is 1.36. The standard InChI is InChI=1S/C14H10FNO2S/c1-18-11-5-2-4-10(15)13(11)14(17)9(8-16)12-6-3-7-19-12/h2-7,9H,1H3. The molecule has 96 valence electrons. The number of rotatable bonds is 4. The SMILES string of the molecule is COc1cccc(F)c1C(=O)C(C#N)c1cccs1. The van der Waals surface area contributed by atoms with Gasteiger partial charge in [-0.2, -0.15) is 5.26 Å². The van der Waals surface area contributed by atoms with Crippen LogP contribution in [-0.4, -0.2) is 12.9 Å². The van der Waals surface area contributed by atoms with Crippen molar-refractivity contribution in [2.24, 2.45) is 0 Å². The van der Waals surface area contributed by atoms with Crippen LogP contribution in [0.1, 0.15) is 21.2 Å². The van der Waals surface area contributed by atoms with Gasteiger partial charge in [-0.3, -0.25) is 4.79 Å². The number of thiophene rings is 1. The highest BCUT2D eigenvalue weighted by Gasteiger charge is 2.27. The molecule has 0 radical (unpaired) electrons. The first-order valence-electron chi connectivity index (χ1n) is 5.48. The molecule has 0 saturated carbocycles. The molecule has 0 amide bonds. The minimum atomic E-state index is -1.01. The Bertz CT molecular complexity index is 631. The highest BCUT2D eigenvalue weighted by atomic mass is 32.1. The zero-order valence-electron chi connectivity index (χ0n) is 10.1. The minimum absolute atomic E-state index is 0.141. The summed E-state index contributed by atoms with van der Waals surface area (Å²) in [6.45, 7) is 0. The molecule has 5 heteroatoms. The van der Waals surface area contributed by atoms with Crippen LogP contribution in [0.5, 0.6) is 5.75 Å². The van der Waals surface area contributed by atoms with Gasteiger partial charge in [0.05, 0.1) is 18.7 Å². The maximum Gasteiger partial charge on any atom is 0.191 e. The van der Waals surface area contributed by atoms with E-state index in [-0.39, 0.29) is 11.3 Å². The number of halogens is 1. The molecule has 1 aromatic heterocycles. The predicted molar refractivity (Wildman–Crippen MR) is 70.0 cm³/mol. The zero-order chi connectivity index (χ0) is 13.8. The first-order chi connectivity index (χ1) is 9.19. The van der Waals surface area contributed by atoms with E-state index in [1.165, 1.54) is 36.6 Å². The molecule has 2 rings (SSSR count). The lowest BCUT2D eigenvalue weighted by atomic mass is 9.96. The van der Waals surface area contributed by atoms with E-state index in [2.05, 4.69) is 0 Å². The first kappa shape index (κ1) is 13.2. The molecule has 3 nitrogen and oxygen atoms in total. The van der Waals surface area contributed by atoms with Crippen LogP contribution in [0, 0.1) is 17.1 Å². The van der Waals surface area contributed by atoms with Crippen LogP contribution in [0.15, 0.2) is 35.7 Å². The molecular weight excluding hydrogens is 265 g/mol. The van der Waals surface area contributed by atoms with Crippen LogP contribution in [-0.2, 0) is 0 Å². The number of nitrogens with zero attached hydrogens (tertiary/aromatic N) is 1. The number of carbonyl (C=O) groups is 1. The quantitative estimate of drug-likeness (QED) is 0.804. The average Bonchev–Trinajstić information content (AvgIpc) is 2.92. The van der Waals surface area contributed by atoms with Gasteiger partial charge in [0.25, 0.3) is 0 Å². The summed E-state index contributed by atoms with van der Waals surface area (Å²) in [5, 5.41) is 10.9. The van der Waals surface area contributed by atoms with Gasteiger partial charge in [-0.1, -0.05) is 12.1 Å². The number of hydrogen-bond donors (Lipinski definition) is 0. The summed E-state index contributed by atoms with van der Waals surface area (Å²) in [5.41, 5.74) is -0.176. The lowest BCUT2D eigenvalue weighted by Gasteiger charge is -2.11. The Balaban J connectivity index is 2.47. The molecule has 19 heavy (non-hydrogen) atoms. The van der Waals surface area contributed by atoms with E-state index in [0.29, 0.717) is 4.88 Å². The van der Waals surface area contributed by atoms with E-state index in [1.807, 2.05) is 6.07 Å². The first-order valence-corrected chi connectivity index (χ1v) is 6.36. The second-order valence-corrected chi connectivity index (χ2v) is 4.74. The fourth-order valence-corrected chi connectivity index (χ4v) is 2.53. The van der Waals surface area contributed by atoms with Crippen LogP contribution in [0.3, 0.4) is 0 Å². The van der Waals surface area contributed by atoms with E-state index in [0.717, 1.165) is 0 Å². The normalized spacial score (nSPS) is 11.6. The summed E-state index contributed by atoms with van der Waals surface area (Å²) in [4.78, 5) is 12.9. The minimum Gasteiger partial charge on any atom is -0.496 e. The predicted octanol–water partition coefficient (Wildman–Crippen LogP) is 3.39. The van der Waals surface area contributed by atoms with Gasteiger partial charge in [0.1, 0.15) is 17.5 Å². The van der Waals surface area contributed by atoms with Crippen molar-refractivity contribution < 1.29 is 13.9 Å². The van der Waals surface area contributed by atoms with Gasteiger partial charge in [0.2, 0.25) is 0 Å². The number of hydrogen-bond acceptors (Lipinski definition) is 4. The van der Waals surface area contributed by atoms with Gasteiger partial charge in [-0.15, -0.1) is 11.3 Å². The Labute approximate surface area is 113 Å². The highest BCUT2D eigenvalue weighted by Crippen LogP contribution is 2.30. The van der Waals surface area contributed by atoms with E-state index in [1.54, 1.807) is 17.5 Å². The summed E-state index contributed by atoms with van der Waals surface area (Å²) in [6, 6.07) is 9.48. The second kappa shape index (κ2) is 5.63. The van der Waals surface area contributed by atoms with Crippen LogP contribution < -0.4 is 4.74 Å². The maximum absolute atomic E-state index is 13.8. The van der Waals surface area contributed by atoms with Crippen LogP contribution >= 0.6 is 11.3 Å². The Morgan fingerprint density at radius 2 is 2.21 bits per heavy atom. The molecule has 1 atom stereocenters. The van der Waals surface area contributed by atoms with Gasteiger partial charge >= 0.3 is 0 Å². The van der Waals surface area contributed by atoms with Crippen molar-refractivity contribution in [1.82, 2.24) is 0 Å². The van der Waals surface area contributed by atoms with Crippen molar-refractivity contribution in [2.45, 2.75) is 5.92 Å². The third kappa shape index (κ3) is 2.49. The molecule has 0 aliphatic heterocycles. The number of nitriles is 1. The number of ketones is 1. The van der Waals surface area contributed by atoms with E-state index < -0.39 is 17.5 Å². The van der Waals surface area contributed by atoms with Crippen LogP contribution in [0.4, 0.5) is 4.39 Å². The van der Waals surface area contributed by atoms with Crippen molar-refractivity contribution in [3.05, 3.63) is 52.0 Å². The van der Waals surface area contributed by atoms with Crippen molar-refractivity contribution in [2.75, 3.05) is 7.11 Å². The highest BCUT2D eigenvalue weighted by molar-refractivity contribution is 7.10. The second-order valence-electron chi connectivity index (χ2n) is 3.76. The van der Waals surface area contributed by atoms with E-state index >= 15 is 0 Å². The lowest BCUT2D eigenvalue weighted by Crippen LogP contribution is -2.13. The molecule has 0 aliphatic carbocycles. The number of methoxy groups -OCH3 is 1. The fraction of sp³-hybridized carbons (Fsp3) is 0.143.